The fraction of sp³-hybridized carbons (Fsp3) is 0.500. The average Bonchev–Trinajstić information content (AvgIpc) is 2.85. The van der Waals surface area contributed by atoms with Gasteiger partial charge in [-0.1, -0.05) is 11.6 Å². The van der Waals surface area contributed by atoms with Gasteiger partial charge in [0.25, 0.3) is 5.91 Å². The van der Waals surface area contributed by atoms with Crippen LogP contribution in [0.4, 0.5) is 0 Å². The SMILES string of the molecule is O=C(c1ccc(Br)c(Cl)c1)N1CC2CCCNC2C1. The highest BCUT2D eigenvalue weighted by Gasteiger charge is 2.36. The lowest BCUT2D eigenvalue weighted by molar-refractivity contribution is 0.0785. The Hall–Kier alpha value is -0.580. The van der Waals surface area contributed by atoms with Crippen LogP contribution in [-0.2, 0) is 0 Å². The van der Waals surface area contributed by atoms with Crippen molar-refractivity contribution in [3.63, 3.8) is 0 Å². The van der Waals surface area contributed by atoms with Crippen molar-refractivity contribution in [2.45, 2.75) is 18.9 Å². The van der Waals surface area contributed by atoms with Gasteiger partial charge in [-0.2, -0.15) is 0 Å². The van der Waals surface area contributed by atoms with Gasteiger partial charge in [-0.15, -0.1) is 0 Å². The van der Waals surface area contributed by atoms with E-state index in [4.69, 9.17) is 11.6 Å². The third kappa shape index (κ3) is 2.67. The topological polar surface area (TPSA) is 32.3 Å². The zero-order valence-corrected chi connectivity index (χ0v) is 12.9. The molecule has 102 valence electrons. The van der Waals surface area contributed by atoms with Crippen LogP contribution in [0.5, 0.6) is 0 Å². The van der Waals surface area contributed by atoms with Crippen molar-refractivity contribution in [1.29, 1.82) is 0 Å². The lowest BCUT2D eigenvalue weighted by Gasteiger charge is -2.24. The number of carbonyl (C=O) groups is 1. The molecule has 3 rings (SSSR count). The van der Waals surface area contributed by atoms with Crippen LogP contribution in [0.3, 0.4) is 0 Å². The van der Waals surface area contributed by atoms with E-state index in [0.717, 1.165) is 24.1 Å². The molecule has 1 aromatic carbocycles. The Morgan fingerprint density at radius 1 is 1.42 bits per heavy atom. The first-order valence-corrected chi connectivity index (χ1v) is 7.80. The van der Waals surface area contributed by atoms with E-state index in [1.54, 1.807) is 6.07 Å². The van der Waals surface area contributed by atoms with Gasteiger partial charge in [0.1, 0.15) is 0 Å². The normalized spacial score (nSPS) is 26.3. The van der Waals surface area contributed by atoms with Crippen molar-refractivity contribution in [2.75, 3.05) is 19.6 Å². The van der Waals surface area contributed by atoms with Gasteiger partial charge in [-0.25, -0.2) is 0 Å². The number of fused-ring (bicyclic) bond motifs is 1. The van der Waals surface area contributed by atoms with Gasteiger partial charge in [0.15, 0.2) is 0 Å². The quantitative estimate of drug-likeness (QED) is 0.850. The molecule has 0 saturated carbocycles. The molecule has 2 fully saturated rings. The molecule has 0 bridgehead atoms. The van der Waals surface area contributed by atoms with E-state index in [-0.39, 0.29) is 5.91 Å². The molecule has 0 radical (unpaired) electrons. The van der Waals surface area contributed by atoms with Crippen LogP contribution >= 0.6 is 27.5 Å². The number of nitrogens with one attached hydrogen (secondary N) is 1. The van der Waals surface area contributed by atoms with Gasteiger partial charge in [0.2, 0.25) is 0 Å². The van der Waals surface area contributed by atoms with Crippen LogP contribution in [0.15, 0.2) is 22.7 Å². The van der Waals surface area contributed by atoms with Crippen LogP contribution in [-0.4, -0.2) is 36.5 Å². The lowest BCUT2D eigenvalue weighted by Crippen LogP contribution is -2.41. The number of likely N-dealkylation sites (tertiary alicyclic amines) is 1. The van der Waals surface area contributed by atoms with Crippen molar-refractivity contribution < 1.29 is 4.79 Å². The highest BCUT2D eigenvalue weighted by Crippen LogP contribution is 2.28. The fourth-order valence-corrected chi connectivity index (χ4v) is 3.45. The van der Waals surface area contributed by atoms with Crippen LogP contribution in [0.25, 0.3) is 0 Å². The monoisotopic (exact) mass is 342 g/mol. The Kier molecular flexibility index (Phi) is 3.83. The zero-order valence-electron chi connectivity index (χ0n) is 10.5. The summed E-state index contributed by atoms with van der Waals surface area (Å²) in [6.45, 7) is 2.76. The zero-order chi connectivity index (χ0) is 13.4. The molecule has 0 aromatic heterocycles. The maximum Gasteiger partial charge on any atom is 0.253 e. The van der Waals surface area contributed by atoms with Crippen molar-refractivity contribution in [1.82, 2.24) is 10.2 Å². The van der Waals surface area contributed by atoms with Gasteiger partial charge in [-0.3, -0.25) is 4.79 Å². The molecule has 3 nitrogen and oxygen atoms in total. The van der Waals surface area contributed by atoms with E-state index in [1.807, 2.05) is 17.0 Å². The molecule has 1 amide bonds. The van der Waals surface area contributed by atoms with Crippen LogP contribution < -0.4 is 5.32 Å². The summed E-state index contributed by atoms with van der Waals surface area (Å²) in [6.07, 6.45) is 2.44. The molecule has 19 heavy (non-hydrogen) atoms. The third-order valence-corrected chi connectivity index (χ3v) is 5.29. The summed E-state index contributed by atoms with van der Waals surface area (Å²) in [6, 6.07) is 5.87. The number of hydrogen-bond donors (Lipinski definition) is 1. The second-order valence-electron chi connectivity index (χ2n) is 5.30. The van der Waals surface area contributed by atoms with E-state index in [0.29, 0.717) is 22.5 Å². The van der Waals surface area contributed by atoms with Crippen molar-refractivity contribution in [2.24, 2.45) is 5.92 Å². The number of hydrogen-bond acceptors (Lipinski definition) is 2. The number of benzene rings is 1. The van der Waals surface area contributed by atoms with Crippen LogP contribution in [0.2, 0.25) is 5.02 Å². The molecule has 1 aromatic rings. The molecule has 2 saturated heterocycles. The first-order valence-electron chi connectivity index (χ1n) is 6.63. The minimum atomic E-state index is 0.0885. The fourth-order valence-electron chi connectivity index (χ4n) is 3.02. The van der Waals surface area contributed by atoms with Gasteiger partial charge in [0, 0.05) is 29.2 Å². The molecule has 5 heteroatoms. The molecular weight excluding hydrogens is 328 g/mol. The predicted octanol–water partition coefficient (Wildman–Crippen LogP) is 2.93. The van der Waals surface area contributed by atoms with E-state index in [2.05, 4.69) is 21.2 Å². The molecule has 2 aliphatic heterocycles. The Morgan fingerprint density at radius 2 is 2.26 bits per heavy atom. The first-order chi connectivity index (χ1) is 9.15. The van der Waals surface area contributed by atoms with Crippen molar-refractivity contribution in [3.8, 4) is 0 Å². The van der Waals surface area contributed by atoms with Gasteiger partial charge in [0.05, 0.1) is 5.02 Å². The molecule has 2 aliphatic rings. The predicted molar refractivity (Wildman–Crippen MR) is 79.6 cm³/mol. The standard InChI is InChI=1S/C14H16BrClN2O/c15-11-4-3-9(6-12(11)16)14(19)18-7-10-2-1-5-17-13(10)8-18/h3-4,6,10,13,17H,1-2,5,7-8H2. The van der Waals surface area contributed by atoms with Crippen molar-refractivity contribution >= 4 is 33.4 Å². The molecule has 0 aliphatic carbocycles. The maximum atomic E-state index is 12.5. The number of rotatable bonds is 1. The lowest BCUT2D eigenvalue weighted by atomic mass is 9.94. The third-order valence-electron chi connectivity index (χ3n) is 4.05. The molecule has 2 unspecified atom stereocenters. The van der Waals surface area contributed by atoms with Crippen molar-refractivity contribution in [3.05, 3.63) is 33.3 Å². The molecule has 1 N–H and O–H groups in total. The number of amides is 1. The maximum absolute atomic E-state index is 12.5. The second-order valence-corrected chi connectivity index (χ2v) is 6.56. The summed E-state index contributed by atoms with van der Waals surface area (Å²) in [5.41, 5.74) is 0.673. The summed E-state index contributed by atoms with van der Waals surface area (Å²) in [5, 5.41) is 4.09. The Morgan fingerprint density at radius 3 is 3.00 bits per heavy atom. The van der Waals surface area contributed by atoms with E-state index >= 15 is 0 Å². The van der Waals surface area contributed by atoms with E-state index in [1.165, 1.54) is 12.8 Å². The highest BCUT2D eigenvalue weighted by molar-refractivity contribution is 9.10. The largest absolute Gasteiger partial charge is 0.337 e. The Balaban J connectivity index is 1.75. The number of carbonyl (C=O) groups excluding carboxylic acids is 1. The van der Waals surface area contributed by atoms with Crippen LogP contribution in [0.1, 0.15) is 23.2 Å². The Bertz CT molecular complexity index is 494. The summed E-state index contributed by atoms with van der Waals surface area (Å²) >= 11 is 9.40. The summed E-state index contributed by atoms with van der Waals surface area (Å²) < 4.78 is 0.822. The molecule has 2 heterocycles. The smallest absolute Gasteiger partial charge is 0.253 e. The minimum absolute atomic E-state index is 0.0885. The first kappa shape index (κ1) is 13.4. The molecule has 2 atom stereocenters. The number of piperidine rings is 1. The van der Waals surface area contributed by atoms with Gasteiger partial charge < -0.3 is 10.2 Å². The Labute approximate surface area is 126 Å². The minimum Gasteiger partial charge on any atom is -0.337 e. The van der Waals surface area contributed by atoms with Crippen LogP contribution in [0, 0.1) is 5.92 Å². The second kappa shape index (κ2) is 5.43. The van der Waals surface area contributed by atoms with Gasteiger partial charge in [-0.05, 0) is 59.4 Å². The number of nitrogens with zero attached hydrogens (tertiary/aromatic N) is 1. The van der Waals surface area contributed by atoms with E-state index < -0.39 is 0 Å². The van der Waals surface area contributed by atoms with Gasteiger partial charge >= 0.3 is 0 Å². The summed E-state index contributed by atoms with van der Waals surface area (Å²) in [5.74, 6) is 0.703. The number of halogens is 2. The van der Waals surface area contributed by atoms with E-state index in [9.17, 15) is 4.79 Å². The molecule has 0 spiro atoms. The highest BCUT2D eigenvalue weighted by atomic mass is 79.9. The molecular formula is C14H16BrClN2O. The summed E-state index contributed by atoms with van der Waals surface area (Å²) in [7, 11) is 0. The average molecular weight is 344 g/mol. The summed E-state index contributed by atoms with van der Waals surface area (Å²) in [4.78, 5) is 14.4.